The summed E-state index contributed by atoms with van der Waals surface area (Å²) in [6.07, 6.45) is 3.08. The van der Waals surface area contributed by atoms with Crippen molar-refractivity contribution in [1.82, 2.24) is 0 Å². The second-order valence-corrected chi connectivity index (χ2v) is 7.41. The molecule has 0 atom stereocenters. The first kappa shape index (κ1) is 22.3. The lowest BCUT2D eigenvalue weighted by molar-refractivity contribution is -0.384. The van der Waals surface area contributed by atoms with Crippen molar-refractivity contribution in [3.8, 4) is 5.75 Å². The van der Waals surface area contributed by atoms with E-state index in [2.05, 4.69) is 5.32 Å². The number of nitro groups is 1. The topological polar surface area (TPSA) is 108 Å². The average Bonchev–Trinajstić information content (AvgIpc) is 3.26. The van der Waals surface area contributed by atoms with Gasteiger partial charge in [0.1, 0.15) is 11.3 Å². The van der Waals surface area contributed by atoms with Crippen molar-refractivity contribution < 1.29 is 24.0 Å². The fourth-order valence-corrected chi connectivity index (χ4v) is 4.04. The highest BCUT2D eigenvalue weighted by Gasteiger charge is 2.43. The highest BCUT2D eigenvalue weighted by atomic mass is 16.6. The zero-order valence-corrected chi connectivity index (χ0v) is 17.7. The van der Waals surface area contributed by atoms with Gasteiger partial charge < -0.3 is 14.8 Å². The number of esters is 1. The molecular formula is C23H26N2O6. The van der Waals surface area contributed by atoms with Crippen LogP contribution in [0, 0.1) is 10.1 Å². The van der Waals surface area contributed by atoms with Gasteiger partial charge in [-0.2, -0.15) is 0 Å². The van der Waals surface area contributed by atoms with Gasteiger partial charge in [0.05, 0.1) is 23.6 Å². The SMILES string of the molecule is CCOC(=O)c1cc(NC(=O)C2(c3ccc([N+](=O)[O-])cc3)CCCC2)ccc1OCC. The molecule has 0 saturated heterocycles. The molecule has 1 amide bonds. The molecule has 0 unspecified atom stereocenters. The molecule has 8 heteroatoms. The number of nitro benzene ring substituents is 1. The number of rotatable bonds is 8. The third-order valence-electron chi connectivity index (χ3n) is 5.56. The Hall–Kier alpha value is -3.42. The monoisotopic (exact) mass is 426 g/mol. The molecule has 1 N–H and O–H groups in total. The second-order valence-electron chi connectivity index (χ2n) is 7.41. The summed E-state index contributed by atoms with van der Waals surface area (Å²) in [7, 11) is 0. The molecule has 1 saturated carbocycles. The van der Waals surface area contributed by atoms with Crippen molar-refractivity contribution in [3.63, 3.8) is 0 Å². The minimum Gasteiger partial charge on any atom is -0.493 e. The van der Waals surface area contributed by atoms with Crippen LogP contribution in [0.25, 0.3) is 0 Å². The molecule has 0 heterocycles. The molecular weight excluding hydrogens is 400 g/mol. The Morgan fingerprint density at radius 2 is 1.74 bits per heavy atom. The summed E-state index contributed by atoms with van der Waals surface area (Å²) in [5.74, 6) is -0.323. The van der Waals surface area contributed by atoms with Gasteiger partial charge in [0.15, 0.2) is 0 Å². The van der Waals surface area contributed by atoms with E-state index >= 15 is 0 Å². The van der Waals surface area contributed by atoms with Crippen LogP contribution in [0.5, 0.6) is 5.75 Å². The van der Waals surface area contributed by atoms with Gasteiger partial charge in [-0.1, -0.05) is 25.0 Å². The first-order valence-electron chi connectivity index (χ1n) is 10.4. The Labute approximate surface area is 180 Å². The van der Waals surface area contributed by atoms with Crippen molar-refractivity contribution >= 4 is 23.3 Å². The molecule has 2 aromatic carbocycles. The quantitative estimate of drug-likeness (QED) is 0.375. The molecule has 3 rings (SSSR count). The van der Waals surface area contributed by atoms with Crippen LogP contribution in [0.2, 0.25) is 0 Å². The average molecular weight is 426 g/mol. The second kappa shape index (κ2) is 9.59. The normalized spacial score (nSPS) is 14.6. The Morgan fingerprint density at radius 1 is 1.06 bits per heavy atom. The zero-order valence-electron chi connectivity index (χ0n) is 17.7. The lowest BCUT2D eigenvalue weighted by atomic mass is 9.78. The first-order valence-corrected chi connectivity index (χ1v) is 10.4. The maximum absolute atomic E-state index is 13.4. The Balaban J connectivity index is 1.89. The predicted octanol–water partition coefficient (Wildman–Crippen LogP) is 4.62. The summed E-state index contributed by atoms with van der Waals surface area (Å²) in [5, 5.41) is 13.9. The van der Waals surface area contributed by atoms with Crippen LogP contribution in [-0.4, -0.2) is 30.0 Å². The number of hydrogen-bond donors (Lipinski definition) is 1. The van der Waals surface area contributed by atoms with Crippen LogP contribution in [-0.2, 0) is 14.9 Å². The van der Waals surface area contributed by atoms with E-state index < -0.39 is 16.3 Å². The van der Waals surface area contributed by atoms with Crippen LogP contribution >= 0.6 is 0 Å². The summed E-state index contributed by atoms with van der Waals surface area (Å²) in [5.41, 5.74) is 0.687. The molecule has 8 nitrogen and oxygen atoms in total. The van der Waals surface area contributed by atoms with Gasteiger partial charge in [0.25, 0.3) is 5.69 Å². The smallest absolute Gasteiger partial charge is 0.341 e. The number of carbonyl (C=O) groups is 2. The molecule has 164 valence electrons. The molecule has 0 bridgehead atoms. The van der Waals surface area contributed by atoms with E-state index in [1.165, 1.54) is 12.1 Å². The van der Waals surface area contributed by atoms with Crippen molar-refractivity contribution in [2.24, 2.45) is 0 Å². The standard InChI is InChI=1S/C23H26N2O6/c1-3-30-20-12-9-17(15-19(20)21(26)31-4-2)24-22(27)23(13-5-6-14-23)16-7-10-18(11-8-16)25(28)29/h7-12,15H,3-6,13-14H2,1-2H3,(H,24,27). The van der Waals surface area contributed by atoms with Gasteiger partial charge >= 0.3 is 5.97 Å². The number of benzene rings is 2. The van der Waals surface area contributed by atoms with Crippen LogP contribution in [0.15, 0.2) is 42.5 Å². The van der Waals surface area contributed by atoms with Crippen molar-refractivity contribution in [3.05, 3.63) is 63.7 Å². The molecule has 31 heavy (non-hydrogen) atoms. The number of ether oxygens (including phenoxy) is 2. The molecule has 0 spiro atoms. The van der Waals surface area contributed by atoms with E-state index in [0.717, 1.165) is 18.4 Å². The van der Waals surface area contributed by atoms with Gasteiger partial charge in [-0.05, 0) is 50.5 Å². The van der Waals surface area contributed by atoms with Crippen molar-refractivity contribution in [1.29, 1.82) is 0 Å². The van der Waals surface area contributed by atoms with E-state index in [1.807, 2.05) is 6.92 Å². The van der Waals surface area contributed by atoms with E-state index in [4.69, 9.17) is 9.47 Å². The highest BCUT2D eigenvalue weighted by molar-refractivity contribution is 6.01. The number of carbonyl (C=O) groups excluding carboxylic acids is 2. The number of anilines is 1. The van der Waals surface area contributed by atoms with Crippen molar-refractivity contribution in [2.45, 2.75) is 44.9 Å². The van der Waals surface area contributed by atoms with Gasteiger partial charge in [-0.15, -0.1) is 0 Å². The fourth-order valence-electron chi connectivity index (χ4n) is 4.04. The Kier molecular flexibility index (Phi) is 6.89. The van der Waals surface area contributed by atoms with Gasteiger partial charge in [-0.3, -0.25) is 14.9 Å². The Bertz CT molecular complexity index is 965. The summed E-state index contributed by atoms with van der Waals surface area (Å²) >= 11 is 0. The maximum atomic E-state index is 13.4. The predicted molar refractivity (Wildman–Crippen MR) is 115 cm³/mol. The summed E-state index contributed by atoms with van der Waals surface area (Å²) in [4.78, 5) is 36.2. The molecule has 2 aromatic rings. The van der Waals surface area contributed by atoms with Gasteiger partial charge in [0.2, 0.25) is 5.91 Å². The van der Waals surface area contributed by atoms with E-state index in [1.54, 1.807) is 37.3 Å². The maximum Gasteiger partial charge on any atom is 0.341 e. The molecule has 0 radical (unpaired) electrons. The number of hydrogen-bond acceptors (Lipinski definition) is 6. The van der Waals surface area contributed by atoms with E-state index in [9.17, 15) is 19.7 Å². The minimum absolute atomic E-state index is 0.0112. The highest BCUT2D eigenvalue weighted by Crippen LogP contribution is 2.42. The number of non-ortho nitro benzene ring substituents is 1. The van der Waals surface area contributed by atoms with E-state index in [0.29, 0.717) is 30.9 Å². The largest absolute Gasteiger partial charge is 0.493 e. The first-order chi connectivity index (χ1) is 14.9. The van der Waals surface area contributed by atoms with Gasteiger partial charge in [0, 0.05) is 17.8 Å². The summed E-state index contributed by atoms with van der Waals surface area (Å²) < 4.78 is 10.6. The molecule has 1 fully saturated rings. The number of amides is 1. The lowest BCUT2D eigenvalue weighted by Crippen LogP contribution is -2.38. The van der Waals surface area contributed by atoms with Crippen LogP contribution in [0.4, 0.5) is 11.4 Å². The van der Waals surface area contributed by atoms with Crippen LogP contribution < -0.4 is 10.1 Å². The Morgan fingerprint density at radius 3 is 2.32 bits per heavy atom. The summed E-state index contributed by atoms with van der Waals surface area (Å²) in [6.45, 7) is 4.15. The molecule has 1 aliphatic carbocycles. The van der Waals surface area contributed by atoms with E-state index in [-0.39, 0.29) is 23.8 Å². The molecule has 0 aromatic heterocycles. The molecule has 1 aliphatic rings. The third-order valence-corrected chi connectivity index (χ3v) is 5.56. The number of nitrogens with one attached hydrogen (secondary N) is 1. The molecule has 0 aliphatic heterocycles. The number of nitrogens with zero attached hydrogens (tertiary/aromatic N) is 1. The fraction of sp³-hybridized carbons (Fsp3) is 0.391. The zero-order chi connectivity index (χ0) is 22.4. The third kappa shape index (κ3) is 4.68. The van der Waals surface area contributed by atoms with Crippen LogP contribution in [0.3, 0.4) is 0 Å². The van der Waals surface area contributed by atoms with Crippen LogP contribution in [0.1, 0.15) is 55.5 Å². The lowest BCUT2D eigenvalue weighted by Gasteiger charge is -2.28. The van der Waals surface area contributed by atoms with Crippen molar-refractivity contribution in [2.75, 3.05) is 18.5 Å². The summed E-state index contributed by atoms with van der Waals surface area (Å²) in [6, 6.07) is 11.1. The van der Waals surface area contributed by atoms with Gasteiger partial charge in [-0.25, -0.2) is 4.79 Å². The minimum atomic E-state index is -0.766.